The van der Waals surface area contributed by atoms with Gasteiger partial charge in [0.25, 0.3) is 5.56 Å². The van der Waals surface area contributed by atoms with Crippen LogP contribution in [0.4, 0.5) is 5.69 Å². The fourth-order valence-electron chi connectivity index (χ4n) is 3.39. The molecule has 4 heterocycles. The van der Waals surface area contributed by atoms with E-state index >= 15 is 0 Å². The molecule has 30 heavy (non-hydrogen) atoms. The average molecular weight is 409 g/mol. The number of carbonyl (C=O) groups is 1. The van der Waals surface area contributed by atoms with Gasteiger partial charge in [-0.15, -0.1) is 0 Å². The highest BCUT2D eigenvalue weighted by molar-refractivity contribution is 5.74. The number of carbonyl (C=O) groups excluding carboxylic acids is 1. The number of rotatable bonds is 4. The summed E-state index contributed by atoms with van der Waals surface area (Å²) in [5, 5.41) is 2.75. The number of hydrogen-bond donors (Lipinski definition) is 2. The fraction of sp³-hybridized carbons (Fsp3) is 0.364. The van der Waals surface area contributed by atoms with Gasteiger partial charge in [-0.3, -0.25) is 24.5 Å². The fourth-order valence-corrected chi connectivity index (χ4v) is 3.39. The van der Waals surface area contributed by atoms with E-state index in [2.05, 4.69) is 30.1 Å². The first-order chi connectivity index (χ1) is 14.5. The molecule has 0 spiro atoms. The summed E-state index contributed by atoms with van der Waals surface area (Å²) in [6.45, 7) is 6.25. The Kier molecular flexibility index (Phi) is 7.26. The molecule has 0 atom stereocenters. The van der Waals surface area contributed by atoms with Crippen LogP contribution in [0.5, 0.6) is 0 Å². The zero-order valence-electron chi connectivity index (χ0n) is 17.7. The molecule has 1 fully saturated rings. The third-order valence-electron chi connectivity index (χ3n) is 4.97. The minimum absolute atomic E-state index is 0.0655. The smallest absolute Gasteiger partial charge is 0.251 e. The number of aldehydes is 1. The van der Waals surface area contributed by atoms with E-state index in [9.17, 15) is 9.59 Å². The predicted octanol–water partition coefficient (Wildman–Crippen LogP) is 1.60. The first-order valence-electron chi connectivity index (χ1n) is 9.99. The van der Waals surface area contributed by atoms with Crippen molar-refractivity contribution in [2.24, 2.45) is 0 Å². The summed E-state index contributed by atoms with van der Waals surface area (Å²) >= 11 is 0. The maximum Gasteiger partial charge on any atom is 0.251 e. The van der Waals surface area contributed by atoms with Crippen molar-refractivity contribution in [2.75, 3.05) is 45.2 Å². The third kappa shape index (κ3) is 5.28. The number of piperazine rings is 1. The van der Waals surface area contributed by atoms with E-state index in [0.717, 1.165) is 61.3 Å². The van der Waals surface area contributed by atoms with Crippen LogP contribution >= 0.6 is 0 Å². The van der Waals surface area contributed by atoms with Gasteiger partial charge in [0, 0.05) is 44.5 Å². The number of hydrogen-bond acceptors (Lipinski definition) is 7. The molecule has 0 amide bonds. The number of fused-ring (bicyclic) bond motifs is 1. The Morgan fingerprint density at radius 3 is 2.47 bits per heavy atom. The van der Waals surface area contributed by atoms with Crippen LogP contribution in [0, 0.1) is 6.92 Å². The van der Waals surface area contributed by atoms with Crippen LogP contribution in [-0.2, 0) is 6.54 Å². The molecule has 3 aromatic heterocycles. The van der Waals surface area contributed by atoms with Crippen LogP contribution in [-0.4, -0.2) is 66.4 Å². The van der Waals surface area contributed by atoms with E-state index in [1.165, 1.54) is 0 Å². The van der Waals surface area contributed by atoms with Crippen LogP contribution in [0.1, 0.15) is 21.6 Å². The summed E-state index contributed by atoms with van der Waals surface area (Å²) < 4.78 is 0. The third-order valence-corrected chi connectivity index (χ3v) is 4.97. The topological polar surface area (TPSA) is 94.2 Å². The Balaban J connectivity index is 0.000000806. The second kappa shape index (κ2) is 10.1. The van der Waals surface area contributed by atoms with Crippen molar-refractivity contribution in [1.82, 2.24) is 25.2 Å². The largest absolute Gasteiger partial charge is 0.368 e. The van der Waals surface area contributed by atoms with Gasteiger partial charge in [0.15, 0.2) is 6.29 Å². The number of nitrogens with one attached hydrogen (secondary N) is 2. The van der Waals surface area contributed by atoms with E-state index in [4.69, 9.17) is 0 Å². The van der Waals surface area contributed by atoms with Gasteiger partial charge in [0.1, 0.15) is 5.69 Å². The lowest BCUT2D eigenvalue weighted by Gasteiger charge is -2.35. The van der Waals surface area contributed by atoms with Crippen molar-refractivity contribution < 1.29 is 4.79 Å². The second-order valence-corrected chi connectivity index (χ2v) is 7.38. The maximum atomic E-state index is 11.8. The lowest BCUT2D eigenvalue weighted by molar-refractivity contribution is 0.111. The van der Waals surface area contributed by atoms with Crippen LogP contribution in [0.2, 0.25) is 0 Å². The van der Waals surface area contributed by atoms with E-state index in [1.807, 2.05) is 38.5 Å². The van der Waals surface area contributed by atoms with Gasteiger partial charge in [-0.1, -0.05) is 0 Å². The maximum absolute atomic E-state index is 11.8. The SMILES string of the molecule is CNC.Cc1cc2ncc(CN3CCN(c4ccc(C=O)nc4)CC3)cc2[nH]c1=O. The van der Waals surface area contributed by atoms with Gasteiger partial charge in [-0.2, -0.15) is 0 Å². The highest BCUT2D eigenvalue weighted by Gasteiger charge is 2.18. The number of aromatic nitrogens is 3. The van der Waals surface area contributed by atoms with Gasteiger partial charge >= 0.3 is 0 Å². The van der Waals surface area contributed by atoms with E-state index in [-0.39, 0.29) is 5.56 Å². The highest BCUT2D eigenvalue weighted by atomic mass is 16.1. The van der Waals surface area contributed by atoms with E-state index in [1.54, 1.807) is 19.2 Å². The van der Waals surface area contributed by atoms with Crippen LogP contribution in [0.3, 0.4) is 0 Å². The van der Waals surface area contributed by atoms with Crippen molar-refractivity contribution in [3.05, 3.63) is 63.8 Å². The molecule has 8 nitrogen and oxygen atoms in total. The molecule has 0 saturated carbocycles. The zero-order chi connectivity index (χ0) is 21.5. The minimum atomic E-state index is -0.0655. The molecule has 158 valence electrons. The molecule has 0 aromatic carbocycles. The summed E-state index contributed by atoms with van der Waals surface area (Å²) in [7, 11) is 3.75. The van der Waals surface area contributed by atoms with Gasteiger partial charge < -0.3 is 15.2 Å². The Bertz CT molecular complexity index is 1040. The van der Waals surface area contributed by atoms with Gasteiger partial charge in [0.2, 0.25) is 0 Å². The molecule has 0 bridgehead atoms. The number of pyridine rings is 3. The molecule has 2 N–H and O–H groups in total. The first-order valence-corrected chi connectivity index (χ1v) is 9.99. The molecule has 0 aliphatic carbocycles. The molecule has 1 aliphatic heterocycles. The molecule has 1 saturated heterocycles. The Labute approximate surface area is 176 Å². The zero-order valence-corrected chi connectivity index (χ0v) is 17.7. The summed E-state index contributed by atoms with van der Waals surface area (Å²) in [6.07, 6.45) is 4.40. The molecule has 4 rings (SSSR count). The Hall–Kier alpha value is -3.10. The van der Waals surface area contributed by atoms with Gasteiger partial charge in [-0.25, -0.2) is 0 Å². The summed E-state index contributed by atoms with van der Waals surface area (Å²) in [6, 6.07) is 7.52. The number of H-pyrrole nitrogens is 1. The highest BCUT2D eigenvalue weighted by Crippen LogP contribution is 2.17. The Morgan fingerprint density at radius 2 is 1.83 bits per heavy atom. The number of aryl methyl sites for hydroxylation is 1. The lowest BCUT2D eigenvalue weighted by Crippen LogP contribution is -2.46. The summed E-state index contributed by atoms with van der Waals surface area (Å²) in [5.41, 5.74) is 4.79. The summed E-state index contributed by atoms with van der Waals surface area (Å²) in [5.74, 6) is 0. The van der Waals surface area contributed by atoms with Crippen molar-refractivity contribution in [1.29, 1.82) is 0 Å². The number of aromatic amines is 1. The second-order valence-electron chi connectivity index (χ2n) is 7.38. The standard InChI is InChI=1S/C20H21N5O2.C2H7N/c1-14-8-18-19(23-20(14)27)9-15(10-22-18)12-24-4-6-25(7-5-24)17-3-2-16(13-26)21-11-17;1-3-2/h2-3,8-11,13H,4-7,12H2,1H3,(H,23,27);3H,1-2H3. The molecular weight excluding hydrogens is 380 g/mol. The van der Waals surface area contributed by atoms with Crippen LogP contribution < -0.4 is 15.8 Å². The lowest BCUT2D eigenvalue weighted by atomic mass is 10.2. The monoisotopic (exact) mass is 408 g/mol. The minimum Gasteiger partial charge on any atom is -0.368 e. The van der Waals surface area contributed by atoms with Crippen molar-refractivity contribution in [3.8, 4) is 0 Å². The molecule has 3 aromatic rings. The molecule has 1 aliphatic rings. The average Bonchev–Trinajstić information content (AvgIpc) is 2.76. The van der Waals surface area contributed by atoms with Crippen molar-refractivity contribution in [2.45, 2.75) is 13.5 Å². The van der Waals surface area contributed by atoms with Gasteiger partial charge in [-0.05, 0) is 50.8 Å². The molecular formula is C22H28N6O2. The van der Waals surface area contributed by atoms with E-state index in [0.29, 0.717) is 11.3 Å². The van der Waals surface area contributed by atoms with Crippen LogP contribution in [0.15, 0.2) is 41.5 Å². The number of anilines is 1. The van der Waals surface area contributed by atoms with Crippen LogP contribution in [0.25, 0.3) is 11.0 Å². The number of nitrogens with zero attached hydrogens (tertiary/aromatic N) is 4. The van der Waals surface area contributed by atoms with E-state index < -0.39 is 0 Å². The normalized spacial score (nSPS) is 14.3. The molecule has 0 unspecified atom stereocenters. The van der Waals surface area contributed by atoms with Gasteiger partial charge in [0.05, 0.1) is 22.9 Å². The quantitative estimate of drug-likeness (QED) is 0.633. The van der Waals surface area contributed by atoms with Crippen molar-refractivity contribution in [3.63, 3.8) is 0 Å². The molecule has 8 heteroatoms. The Morgan fingerprint density at radius 1 is 1.10 bits per heavy atom. The predicted molar refractivity (Wildman–Crippen MR) is 119 cm³/mol. The summed E-state index contributed by atoms with van der Waals surface area (Å²) in [4.78, 5) is 38.7. The van der Waals surface area contributed by atoms with Crippen molar-refractivity contribution >= 4 is 23.0 Å². The first kappa shape index (κ1) is 21.6. The molecule has 0 radical (unpaired) electrons.